The van der Waals surface area contributed by atoms with E-state index in [1.54, 1.807) is 18.1 Å². The standard InChI is InChI=1S/C23H29FN6O2/c1-23(2)13-30(15-7-5-6-8-15)19-18(29(4)21(23)32)12-26-22(28-19)27-17-10-9-14(11-16(17)24)20(31)25-3/h9-12,15H,5-8,13H2,1-4H3,(H,25,31)(H,26,27,28). The topological polar surface area (TPSA) is 90.5 Å². The fourth-order valence-electron chi connectivity index (χ4n) is 4.55. The molecule has 1 aliphatic heterocycles. The molecule has 1 saturated carbocycles. The van der Waals surface area contributed by atoms with Crippen LogP contribution < -0.4 is 20.4 Å². The minimum Gasteiger partial charge on any atom is -0.355 e. The second-order valence-electron chi connectivity index (χ2n) is 9.12. The molecule has 0 bridgehead atoms. The first-order valence-corrected chi connectivity index (χ1v) is 10.9. The molecule has 1 aromatic heterocycles. The monoisotopic (exact) mass is 440 g/mol. The molecule has 2 aliphatic rings. The van der Waals surface area contributed by atoms with E-state index in [-0.39, 0.29) is 29.0 Å². The number of nitrogens with zero attached hydrogens (tertiary/aromatic N) is 4. The maximum atomic E-state index is 14.6. The number of carbonyl (C=O) groups excluding carboxylic acids is 2. The lowest BCUT2D eigenvalue weighted by Gasteiger charge is -2.34. The van der Waals surface area contributed by atoms with E-state index >= 15 is 0 Å². The van der Waals surface area contributed by atoms with Crippen LogP contribution in [0.25, 0.3) is 0 Å². The van der Waals surface area contributed by atoms with Crippen molar-refractivity contribution in [3.63, 3.8) is 0 Å². The third-order valence-electron chi connectivity index (χ3n) is 6.30. The van der Waals surface area contributed by atoms with Crippen LogP contribution in [0.1, 0.15) is 49.9 Å². The number of fused-ring (bicyclic) bond motifs is 1. The van der Waals surface area contributed by atoms with Crippen LogP contribution in [0.5, 0.6) is 0 Å². The molecule has 170 valence electrons. The van der Waals surface area contributed by atoms with Gasteiger partial charge in [-0.1, -0.05) is 12.8 Å². The number of benzene rings is 1. The molecule has 8 nitrogen and oxygen atoms in total. The molecule has 4 rings (SSSR count). The Kier molecular flexibility index (Phi) is 5.75. The van der Waals surface area contributed by atoms with Gasteiger partial charge >= 0.3 is 0 Å². The lowest BCUT2D eigenvalue weighted by atomic mass is 9.91. The number of aromatic nitrogens is 2. The van der Waals surface area contributed by atoms with E-state index in [4.69, 9.17) is 4.98 Å². The smallest absolute Gasteiger partial charge is 0.251 e. The Morgan fingerprint density at radius 1 is 1.25 bits per heavy atom. The molecule has 0 radical (unpaired) electrons. The van der Waals surface area contributed by atoms with Crippen LogP contribution in [0, 0.1) is 11.2 Å². The number of amides is 2. The normalized spacial score (nSPS) is 18.3. The molecule has 1 aromatic carbocycles. The third-order valence-corrected chi connectivity index (χ3v) is 6.30. The highest BCUT2D eigenvalue weighted by Crippen LogP contribution is 2.40. The minimum absolute atomic E-state index is 0.0133. The Labute approximate surface area is 187 Å². The summed E-state index contributed by atoms with van der Waals surface area (Å²) in [5, 5.41) is 5.40. The molecular formula is C23H29FN6O2. The molecule has 2 aromatic rings. The van der Waals surface area contributed by atoms with Crippen LogP contribution in [0.15, 0.2) is 24.4 Å². The number of hydrogen-bond acceptors (Lipinski definition) is 6. The summed E-state index contributed by atoms with van der Waals surface area (Å²) in [6.45, 7) is 4.46. The molecule has 2 N–H and O–H groups in total. The number of halogens is 1. The fraction of sp³-hybridized carbons (Fsp3) is 0.478. The van der Waals surface area contributed by atoms with Crippen LogP contribution >= 0.6 is 0 Å². The Morgan fingerprint density at radius 3 is 2.62 bits per heavy atom. The van der Waals surface area contributed by atoms with Crippen molar-refractivity contribution in [1.29, 1.82) is 0 Å². The molecule has 9 heteroatoms. The van der Waals surface area contributed by atoms with Gasteiger partial charge in [-0.2, -0.15) is 4.98 Å². The summed E-state index contributed by atoms with van der Waals surface area (Å²) in [5.74, 6) is -0.0125. The third kappa shape index (κ3) is 3.99. The second kappa shape index (κ2) is 8.37. The average Bonchev–Trinajstić information content (AvgIpc) is 3.29. The highest BCUT2D eigenvalue weighted by molar-refractivity contribution is 6.01. The van der Waals surface area contributed by atoms with Crippen molar-refractivity contribution in [2.45, 2.75) is 45.6 Å². The van der Waals surface area contributed by atoms with Gasteiger partial charge in [-0.25, -0.2) is 9.37 Å². The van der Waals surface area contributed by atoms with Gasteiger partial charge in [0.15, 0.2) is 5.82 Å². The summed E-state index contributed by atoms with van der Waals surface area (Å²) in [4.78, 5) is 37.7. The lowest BCUT2D eigenvalue weighted by molar-refractivity contribution is -0.125. The maximum absolute atomic E-state index is 14.6. The quantitative estimate of drug-likeness (QED) is 0.757. The van der Waals surface area contributed by atoms with Crippen molar-refractivity contribution in [2.75, 3.05) is 35.8 Å². The molecule has 32 heavy (non-hydrogen) atoms. The van der Waals surface area contributed by atoms with E-state index < -0.39 is 11.2 Å². The van der Waals surface area contributed by atoms with Gasteiger partial charge in [0.05, 0.1) is 17.3 Å². The molecule has 0 unspecified atom stereocenters. The van der Waals surface area contributed by atoms with Crippen LogP contribution in [0.4, 0.5) is 27.5 Å². The first-order valence-electron chi connectivity index (χ1n) is 10.9. The molecule has 1 aliphatic carbocycles. The van der Waals surface area contributed by atoms with Crippen molar-refractivity contribution >= 4 is 35.0 Å². The molecule has 2 amide bonds. The summed E-state index contributed by atoms with van der Waals surface area (Å²) in [6.07, 6.45) is 6.02. The summed E-state index contributed by atoms with van der Waals surface area (Å²) in [7, 11) is 3.24. The van der Waals surface area contributed by atoms with E-state index in [1.165, 1.54) is 25.2 Å². The van der Waals surface area contributed by atoms with Crippen LogP contribution in [-0.4, -0.2) is 48.5 Å². The Balaban J connectivity index is 1.71. The summed E-state index contributed by atoms with van der Waals surface area (Å²) < 4.78 is 14.6. The Morgan fingerprint density at radius 2 is 1.97 bits per heavy atom. The van der Waals surface area contributed by atoms with E-state index in [0.717, 1.165) is 25.7 Å². The van der Waals surface area contributed by atoms with Crippen molar-refractivity contribution < 1.29 is 14.0 Å². The SMILES string of the molecule is CNC(=O)c1ccc(Nc2ncc3c(n2)N(C2CCCC2)CC(C)(C)C(=O)N3C)c(F)c1. The zero-order chi connectivity index (χ0) is 23.0. The molecule has 0 saturated heterocycles. The average molecular weight is 441 g/mol. The Hall–Kier alpha value is -3.23. The molecule has 0 spiro atoms. The summed E-state index contributed by atoms with van der Waals surface area (Å²) >= 11 is 0. The molecule has 2 heterocycles. The van der Waals surface area contributed by atoms with Gasteiger partial charge in [-0.3, -0.25) is 9.59 Å². The fourth-order valence-corrected chi connectivity index (χ4v) is 4.55. The second-order valence-corrected chi connectivity index (χ2v) is 9.12. The minimum atomic E-state index is -0.578. The predicted octanol–water partition coefficient (Wildman–Crippen LogP) is 3.47. The van der Waals surface area contributed by atoms with E-state index in [1.807, 2.05) is 13.8 Å². The zero-order valence-corrected chi connectivity index (χ0v) is 18.9. The summed E-state index contributed by atoms with van der Waals surface area (Å²) in [6, 6.07) is 4.50. The highest BCUT2D eigenvalue weighted by Gasteiger charge is 2.41. The van der Waals surface area contributed by atoms with Crippen molar-refractivity contribution in [1.82, 2.24) is 15.3 Å². The first-order chi connectivity index (χ1) is 15.2. The van der Waals surface area contributed by atoms with Gasteiger partial charge in [-0.15, -0.1) is 0 Å². The molecule has 0 atom stereocenters. The van der Waals surface area contributed by atoms with Crippen molar-refractivity contribution in [3.8, 4) is 0 Å². The predicted molar refractivity (Wildman–Crippen MR) is 122 cm³/mol. The van der Waals surface area contributed by atoms with Gasteiger partial charge in [0.1, 0.15) is 11.5 Å². The number of anilines is 4. The van der Waals surface area contributed by atoms with Gasteiger partial charge in [0.25, 0.3) is 5.91 Å². The molecular weight excluding hydrogens is 411 g/mol. The van der Waals surface area contributed by atoms with Crippen LogP contribution in [0.2, 0.25) is 0 Å². The largest absolute Gasteiger partial charge is 0.355 e. The lowest BCUT2D eigenvalue weighted by Crippen LogP contribution is -2.45. The molecule has 1 fully saturated rings. The van der Waals surface area contributed by atoms with Crippen LogP contribution in [0.3, 0.4) is 0 Å². The van der Waals surface area contributed by atoms with E-state index in [9.17, 15) is 14.0 Å². The van der Waals surface area contributed by atoms with Gasteiger partial charge in [-0.05, 0) is 44.9 Å². The van der Waals surface area contributed by atoms with Crippen molar-refractivity contribution in [3.05, 3.63) is 35.8 Å². The van der Waals surface area contributed by atoms with Gasteiger partial charge < -0.3 is 20.4 Å². The van der Waals surface area contributed by atoms with E-state index in [0.29, 0.717) is 24.1 Å². The van der Waals surface area contributed by atoms with Gasteiger partial charge in [0.2, 0.25) is 11.9 Å². The number of hydrogen-bond donors (Lipinski definition) is 2. The van der Waals surface area contributed by atoms with Gasteiger partial charge in [0, 0.05) is 32.2 Å². The van der Waals surface area contributed by atoms with Crippen LogP contribution in [-0.2, 0) is 4.79 Å². The first kappa shape index (κ1) is 22.0. The number of rotatable bonds is 4. The maximum Gasteiger partial charge on any atom is 0.251 e. The van der Waals surface area contributed by atoms with Crippen molar-refractivity contribution in [2.24, 2.45) is 5.41 Å². The zero-order valence-electron chi connectivity index (χ0n) is 18.9. The number of carbonyl (C=O) groups is 2. The summed E-state index contributed by atoms with van der Waals surface area (Å²) in [5.41, 5.74) is 0.470. The Bertz CT molecular complexity index is 1050. The number of nitrogens with one attached hydrogen (secondary N) is 2. The van der Waals surface area contributed by atoms with E-state index in [2.05, 4.69) is 20.5 Å². The highest BCUT2D eigenvalue weighted by atomic mass is 19.1.